The van der Waals surface area contributed by atoms with E-state index in [0.29, 0.717) is 12.1 Å². The first-order valence-corrected chi connectivity index (χ1v) is 6.70. The summed E-state index contributed by atoms with van der Waals surface area (Å²) in [5.74, 6) is -0.996. The molecule has 1 aliphatic heterocycles. The number of aliphatic carboxylic acids is 1. The minimum absolute atomic E-state index is 0.154. The van der Waals surface area contributed by atoms with Gasteiger partial charge >= 0.3 is 5.97 Å². The van der Waals surface area contributed by atoms with Crippen LogP contribution in [-0.2, 0) is 17.8 Å². The van der Waals surface area contributed by atoms with Crippen molar-refractivity contribution in [3.63, 3.8) is 0 Å². The molecule has 1 aliphatic rings. The molecule has 0 amide bonds. The molecular weight excluding hydrogens is 256 g/mol. The summed E-state index contributed by atoms with van der Waals surface area (Å²) in [6.07, 6.45) is 1.65. The molecule has 0 spiro atoms. The van der Waals surface area contributed by atoms with E-state index in [2.05, 4.69) is 0 Å². The number of rotatable bonds is 3. The number of carboxylic acids is 1. The Bertz CT molecular complexity index is 749. The molecule has 0 aliphatic carbocycles. The van der Waals surface area contributed by atoms with Crippen LogP contribution in [0.4, 0.5) is 0 Å². The number of aryl methyl sites for hydroxylation is 2. The van der Waals surface area contributed by atoms with Gasteiger partial charge in [-0.25, -0.2) is 0 Å². The first-order chi connectivity index (χ1) is 9.58. The zero-order chi connectivity index (χ0) is 14.3. The highest BCUT2D eigenvalue weighted by Crippen LogP contribution is 2.25. The third kappa shape index (κ3) is 2.00. The van der Waals surface area contributed by atoms with Gasteiger partial charge in [0, 0.05) is 18.2 Å². The summed E-state index contributed by atoms with van der Waals surface area (Å²) in [4.78, 5) is 23.3. The first kappa shape index (κ1) is 12.9. The summed E-state index contributed by atoms with van der Waals surface area (Å²) >= 11 is 0. The predicted octanol–water partition coefficient (Wildman–Crippen LogP) is 1.42. The standard InChI is InChI=1S/C15H16N2O3/c16-12(8-13(18)19)11-7-10-4-1-3-9-5-2-6-17(14(9)10)15(11)20/h1,3-4,7,12H,2,5-6,8,16H2,(H,18,19). The Morgan fingerprint density at radius 1 is 1.45 bits per heavy atom. The van der Waals surface area contributed by atoms with Gasteiger partial charge in [-0.05, 0) is 29.9 Å². The van der Waals surface area contributed by atoms with Crippen LogP contribution >= 0.6 is 0 Å². The molecule has 1 unspecified atom stereocenters. The fourth-order valence-electron chi connectivity index (χ4n) is 2.95. The second-order valence-corrected chi connectivity index (χ2v) is 5.22. The van der Waals surface area contributed by atoms with Gasteiger partial charge in [-0.2, -0.15) is 0 Å². The molecule has 0 saturated heterocycles. The molecule has 0 bridgehead atoms. The second kappa shape index (κ2) is 4.76. The molecule has 0 fully saturated rings. The van der Waals surface area contributed by atoms with Gasteiger partial charge in [0.25, 0.3) is 5.56 Å². The van der Waals surface area contributed by atoms with Crippen molar-refractivity contribution in [1.29, 1.82) is 0 Å². The molecule has 2 heterocycles. The lowest BCUT2D eigenvalue weighted by Crippen LogP contribution is -2.31. The fourth-order valence-corrected chi connectivity index (χ4v) is 2.95. The number of pyridine rings is 1. The Morgan fingerprint density at radius 3 is 3.00 bits per heavy atom. The summed E-state index contributed by atoms with van der Waals surface area (Å²) in [6, 6.07) is 6.92. The third-order valence-corrected chi connectivity index (χ3v) is 3.85. The Kier molecular flexibility index (Phi) is 3.06. The molecule has 3 rings (SSSR count). The summed E-state index contributed by atoms with van der Waals surface area (Å²) in [5.41, 5.74) is 8.25. The van der Waals surface area contributed by atoms with Crippen molar-refractivity contribution in [2.24, 2.45) is 5.73 Å². The molecule has 1 aromatic carbocycles. The van der Waals surface area contributed by atoms with E-state index in [9.17, 15) is 9.59 Å². The maximum absolute atomic E-state index is 12.5. The monoisotopic (exact) mass is 272 g/mol. The summed E-state index contributed by atoms with van der Waals surface area (Å²) in [5, 5.41) is 9.80. The number of carboxylic acid groups (broad SMARTS) is 1. The van der Waals surface area contributed by atoms with Gasteiger partial charge in [0.1, 0.15) is 0 Å². The zero-order valence-electron chi connectivity index (χ0n) is 11.0. The minimum Gasteiger partial charge on any atom is -0.481 e. The van der Waals surface area contributed by atoms with Crippen LogP contribution < -0.4 is 11.3 Å². The maximum atomic E-state index is 12.5. The molecule has 0 saturated carbocycles. The van der Waals surface area contributed by atoms with Crippen LogP contribution in [0.2, 0.25) is 0 Å². The van der Waals surface area contributed by atoms with Gasteiger partial charge in [-0.3, -0.25) is 9.59 Å². The molecule has 3 N–H and O–H groups in total. The Hall–Kier alpha value is -2.14. The van der Waals surface area contributed by atoms with E-state index >= 15 is 0 Å². The van der Waals surface area contributed by atoms with E-state index in [0.717, 1.165) is 23.7 Å². The average molecular weight is 272 g/mol. The number of aromatic nitrogens is 1. The van der Waals surface area contributed by atoms with E-state index in [-0.39, 0.29) is 12.0 Å². The molecule has 5 heteroatoms. The lowest BCUT2D eigenvalue weighted by Gasteiger charge is -2.21. The molecule has 2 aromatic rings. The van der Waals surface area contributed by atoms with Gasteiger partial charge in [0.15, 0.2) is 0 Å². The maximum Gasteiger partial charge on any atom is 0.305 e. The van der Waals surface area contributed by atoms with E-state index in [1.54, 1.807) is 10.6 Å². The number of benzene rings is 1. The zero-order valence-corrected chi connectivity index (χ0v) is 11.0. The lowest BCUT2D eigenvalue weighted by molar-refractivity contribution is -0.137. The quantitative estimate of drug-likeness (QED) is 0.885. The number of hydrogen-bond acceptors (Lipinski definition) is 3. The first-order valence-electron chi connectivity index (χ1n) is 6.70. The summed E-state index contributed by atoms with van der Waals surface area (Å²) in [7, 11) is 0. The van der Waals surface area contributed by atoms with Crippen LogP contribution in [0.1, 0.15) is 30.0 Å². The van der Waals surface area contributed by atoms with E-state index in [1.807, 2.05) is 18.2 Å². The van der Waals surface area contributed by atoms with Crippen LogP contribution in [0.5, 0.6) is 0 Å². The Labute approximate surface area is 115 Å². The van der Waals surface area contributed by atoms with E-state index < -0.39 is 12.0 Å². The van der Waals surface area contributed by atoms with Crippen molar-refractivity contribution in [1.82, 2.24) is 4.57 Å². The molecule has 1 aromatic heterocycles. The largest absolute Gasteiger partial charge is 0.481 e. The number of hydrogen-bond donors (Lipinski definition) is 2. The summed E-state index contributed by atoms with van der Waals surface area (Å²) < 4.78 is 1.74. The van der Waals surface area contributed by atoms with Crippen LogP contribution in [0.25, 0.3) is 10.9 Å². The summed E-state index contributed by atoms with van der Waals surface area (Å²) in [6.45, 7) is 0.667. The van der Waals surface area contributed by atoms with Gasteiger partial charge in [-0.1, -0.05) is 18.2 Å². The SMILES string of the molecule is NC(CC(=O)O)c1cc2cccc3c2n(c1=O)CCC3. The normalized spacial score (nSPS) is 15.2. The number of carbonyl (C=O) groups is 1. The van der Waals surface area contributed by atoms with Gasteiger partial charge in [0.2, 0.25) is 0 Å². The number of nitrogens with two attached hydrogens (primary N) is 1. The van der Waals surface area contributed by atoms with Crippen LogP contribution in [0, 0.1) is 0 Å². The van der Waals surface area contributed by atoms with Crippen LogP contribution in [0.3, 0.4) is 0 Å². The van der Waals surface area contributed by atoms with Crippen molar-refractivity contribution < 1.29 is 9.90 Å². The lowest BCUT2D eigenvalue weighted by atomic mass is 9.97. The third-order valence-electron chi connectivity index (χ3n) is 3.85. The number of nitrogens with zero attached hydrogens (tertiary/aromatic N) is 1. The molecule has 0 radical (unpaired) electrons. The van der Waals surface area contributed by atoms with Crippen molar-refractivity contribution in [2.45, 2.75) is 31.8 Å². The molecule has 1 atom stereocenters. The highest BCUT2D eigenvalue weighted by Gasteiger charge is 2.20. The number of para-hydroxylation sites is 1. The Balaban J connectivity index is 2.24. The highest BCUT2D eigenvalue weighted by molar-refractivity contribution is 5.83. The average Bonchev–Trinajstić information content (AvgIpc) is 2.42. The van der Waals surface area contributed by atoms with Gasteiger partial charge < -0.3 is 15.4 Å². The van der Waals surface area contributed by atoms with Crippen LogP contribution in [0.15, 0.2) is 29.1 Å². The van der Waals surface area contributed by atoms with Crippen molar-refractivity contribution >= 4 is 16.9 Å². The van der Waals surface area contributed by atoms with E-state index in [1.165, 1.54) is 5.56 Å². The molecular formula is C15H16N2O3. The minimum atomic E-state index is -0.996. The van der Waals surface area contributed by atoms with Gasteiger partial charge in [-0.15, -0.1) is 0 Å². The highest BCUT2D eigenvalue weighted by atomic mass is 16.4. The van der Waals surface area contributed by atoms with Crippen molar-refractivity contribution in [2.75, 3.05) is 0 Å². The topological polar surface area (TPSA) is 85.3 Å². The fraction of sp³-hybridized carbons (Fsp3) is 0.333. The second-order valence-electron chi connectivity index (χ2n) is 5.22. The van der Waals surface area contributed by atoms with Crippen molar-refractivity contribution in [3.8, 4) is 0 Å². The molecule has 20 heavy (non-hydrogen) atoms. The van der Waals surface area contributed by atoms with Gasteiger partial charge in [0.05, 0.1) is 11.9 Å². The smallest absolute Gasteiger partial charge is 0.305 e. The van der Waals surface area contributed by atoms with E-state index in [4.69, 9.17) is 10.8 Å². The van der Waals surface area contributed by atoms with Crippen LogP contribution in [-0.4, -0.2) is 15.6 Å². The molecule has 5 nitrogen and oxygen atoms in total. The Morgan fingerprint density at radius 2 is 2.25 bits per heavy atom. The molecule has 104 valence electrons. The predicted molar refractivity (Wildman–Crippen MR) is 75.7 cm³/mol. The van der Waals surface area contributed by atoms with Crippen molar-refractivity contribution in [3.05, 3.63) is 45.7 Å².